The zero-order valence-corrected chi connectivity index (χ0v) is 13.6. The molecule has 0 radical (unpaired) electrons. The highest BCUT2D eigenvalue weighted by Gasteiger charge is 2.26. The van der Waals surface area contributed by atoms with Gasteiger partial charge in [0.05, 0.1) is 0 Å². The molecular formula is C16H24BrN3. The normalized spacial score (nSPS) is 21.6. The maximum absolute atomic E-state index is 5.92. The van der Waals surface area contributed by atoms with Crippen LogP contribution in [-0.2, 0) is 6.54 Å². The van der Waals surface area contributed by atoms with Crippen molar-refractivity contribution in [3.63, 3.8) is 0 Å². The fourth-order valence-corrected chi connectivity index (χ4v) is 4.16. The van der Waals surface area contributed by atoms with Crippen molar-refractivity contribution in [3.05, 3.63) is 28.2 Å². The van der Waals surface area contributed by atoms with Crippen molar-refractivity contribution in [2.24, 2.45) is 5.73 Å². The van der Waals surface area contributed by atoms with Gasteiger partial charge in [0.1, 0.15) is 0 Å². The molecule has 2 aliphatic rings. The maximum Gasteiger partial charge on any atom is 0.0424 e. The van der Waals surface area contributed by atoms with E-state index in [1.165, 1.54) is 50.0 Å². The van der Waals surface area contributed by atoms with Crippen LogP contribution < -0.4 is 10.6 Å². The minimum absolute atomic E-state index is 0.597. The average Bonchev–Trinajstić information content (AvgIpc) is 3.01. The molecule has 1 aromatic carbocycles. The van der Waals surface area contributed by atoms with Gasteiger partial charge in [0.25, 0.3) is 0 Å². The van der Waals surface area contributed by atoms with Crippen LogP contribution in [0.5, 0.6) is 0 Å². The second kappa shape index (κ2) is 6.46. The van der Waals surface area contributed by atoms with Crippen LogP contribution >= 0.6 is 15.9 Å². The molecule has 0 amide bonds. The van der Waals surface area contributed by atoms with E-state index in [0.29, 0.717) is 6.54 Å². The molecular weight excluding hydrogens is 314 g/mol. The third-order valence-corrected chi connectivity index (χ3v) is 5.54. The first kappa shape index (κ1) is 14.4. The summed E-state index contributed by atoms with van der Waals surface area (Å²) in [5.41, 5.74) is 8.47. The Morgan fingerprint density at radius 2 is 1.80 bits per heavy atom. The Morgan fingerprint density at radius 3 is 2.45 bits per heavy atom. The summed E-state index contributed by atoms with van der Waals surface area (Å²) in [5, 5.41) is 0. The summed E-state index contributed by atoms with van der Waals surface area (Å²) in [6.07, 6.45) is 5.66. The van der Waals surface area contributed by atoms with Crippen molar-refractivity contribution in [2.45, 2.75) is 38.3 Å². The van der Waals surface area contributed by atoms with E-state index < -0.39 is 0 Å². The number of piperazine rings is 1. The first-order valence-corrected chi connectivity index (χ1v) is 8.55. The van der Waals surface area contributed by atoms with Gasteiger partial charge in [0, 0.05) is 54.5 Å². The zero-order chi connectivity index (χ0) is 13.9. The molecule has 3 nitrogen and oxygen atoms in total. The van der Waals surface area contributed by atoms with Gasteiger partial charge in [0.15, 0.2) is 0 Å². The van der Waals surface area contributed by atoms with Crippen LogP contribution in [0.1, 0.15) is 31.2 Å². The summed E-state index contributed by atoms with van der Waals surface area (Å²) < 4.78 is 1.13. The quantitative estimate of drug-likeness (QED) is 0.920. The number of benzene rings is 1. The predicted octanol–water partition coefficient (Wildman–Crippen LogP) is 2.97. The fraction of sp³-hybridized carbons (Fsp3) is 0.625. The number of hydrogen-bond acceptors (Lipinski definition) is 3. The van der Waals surface area contributed by atoms with Crippen LogP contribution in [-0.4, -0.2) is 37.1 Å². The van der Waals surface area contributed by atoms with E-state index in [2.05, 4.69) is 43.9 Å². The molecule has 1 aromatic rings. The van der Waals surface area contributed by atoms with Gasteiger partial charge in [-0.1, -0.05) is 34.8 Å². The van der Waals surface area contributed by atoms with Crippen LogP contribution in [0.25, 0.3) is 0 Å². The van der Waals surface area contributed by atoms with Crippen LogP contribution in [0.2, 0.25) is 0 Å². The van der Waals surface area contributed by atoms with E-state index in [0.717, 1.165) is 23.6 Å². The largest absolute Gasteiger partial charge is 0.369 e. The van der Waals surface area contributed by atoms with Crippen LogP contribution in [0.4, 0.5) is 5.69 Å². The van der Waals surface area contributed by atoms with E-state index in [9.17, 15) is 0 Å². The number of hydrogen-bond donors (Lipinski definition) is 1. The Kier molecular flexibility index (Phi) is 4.64. The van der Waals surface area contributed by atoms with E-state index in [4.69, 9.17) is 5.73 Å². The third kappa shape index (κ3) is 2.87. The number of halogens is 1. The molecule has 1 saturated carbocycles. The van der Waals surface area contributed by atoms with Crippen molar-refractivity contribution in [2.75, 3.05) is 31.1 Å². The monoisotopic (exact) mass is 337 g/mol. The van der Waals surface area contributed by atoms with Gasteiger partial charge >= 0.3 is 0 Å². The van der Waals surface area contributed by atoms with E-state index in [1.807, 2.05) is 0 Å². The molecule has 20 heavy (non-hydrogen) atoms. The Morgan fingerprint density at radius 1 is 1.10 bits per heavy atom. The lowest BCUT2D eigenvalue weighted by Gasteiger charge is -2.39. The Balaban J connectivity index is 1.67. The van der Waals surface area contributed by atoms with Gasteiger partial charge in [-0.15, -0.1) is 0 Å². The second-order valence-electron chi connectivity index (χ2n) is 5.90. The van der Waals surface area contributed by atoms with Crippen molar-refractivity contribution in [3.8, 4) is 0 Å². The summed E-state index contributed by atoms with van der Waals surface area (Å²) in [5.74, 6) is 0. The molecule has 0 atom stereocenters. The lowest BCUT2D eigenvalue weighted by atomic mass is 10.1. The second-order valence-corrected chi connectivity index (χ2v) is 6.76. The SMILES string of the molecule is NCc1c(Br)cccc1N1CCN(C2CCCC2)CC1. The Hall–Kier alpha value is -0.580. The first-order valence-electron chi connectivity index (χ1n) is 7.76. The van der Waals surface area contributed by atoms with Gasteiger partial charge < -0.3 is 10.6 Å². The first-order chi connectivity index (χ1) is 9.79. The van der Waals surface area contributed by atoms with Crippen molar-refractivity contribution in [1.29, 1.82) is 0 Å². The third-order valence-electron chi connectivity index (χ3n) is 4.79. The molecule has 2 fully saturated rings. The topological polar surface area (TPSA) is 32.5 Å². The highest BCUT2D eigenvalue weighted by Crippen LogP contribution is 2.30. The smallest absolute Gasteiger partial charge is 0.0424 e. The Labute approximate surface area is 130 Å². The zero-order valence-electron chi connectivity index (χ0n) is 12.0. The number of nitrogens with zero attached hydrogens (tertiary/aromatic N) is 2. The molecule has 2 N–H and O–H groups in total. The van der Waals surface area contributed by atoms with Gasteiger partial charge in [0.2, 0.25) is 0 Å². The molecule has 1 aliphatic heterocycles. The van der Waals surface area contributed by atoms with Crippen LogP contribution in [0.3, 0.4) is 0 Å². The predicted molar refractivity (Wildman–Crippen MR) is 88.1 cm³/mol. The van der Waals surface area contributed by atoms with Gasteiger partial charge in [-0.25, -0.2) is 0 Å². The molecule has 0 spiro atoms. The lowest BCUT2D eigenvalue weighted by Crippen LogP contribution is -2.50. The lowest BCUT2D eigenvalue weighted by molar-refractivity contribution is 0.187. The number of anilines is 1. The maximum atomic E-state index is 5.92. The molecule has 0 unspecified atom stereocenters. The average molecular weight is 338 g/mol. The van der Waals surface area contributed by atoms with Crippen molar-refractivity contribution in [1.82, 2.24) is 4.90 Å². The van der Waals surface area contributed by atoms with Crippen molar-refractivity contribution < 1.29 is 0 Å². The molecule has 3 rings (SSSR count). The van der Waals surface area contributed by atoms with E-state index in [-0.39, 0.29) is 0 Å². The summed E-state index contributed by atoms with van der Waals surface area (Å²) in [4.78, 5) is 5.20. The minimum atomic E-state index is 0.597. The summed E-state index contributed by atoms with van der Waals surface area (Å²) in [6.45, 7) is 5.24. The molecule has 4 heteroatoms. The summed E-state index contributed by atoms with van der Waals surface area (Å²) >= 11 is 3.62. The highest BCUT2D eigenvalue weighted by molar-refractivity contribution is 9.10. The van der Waals surface area contributed by atoms with Crippen molar-refractivity contribution >= 4 is 21.6 Å². The summed E-state index contributed by atoms with van der Waals surface area (Å²) in [6, 6.07) is 7.26. The van der Waals surface area contributed by atoms with Gasteiger partial charge in [-0.05, 0) is 25.0 Å². The van der Waals surface area contributed by atoms with Crippen LogP contribution in [0, 0.1) is 0 Å². The molecule has 0 bridgehead atoms. The number of rotatable bonds is 3. The number of nitrogens with two attached hydrogens (primary N) is 1. The molecule has 1 saturated heterocycles. The standard InChI is InChI=1S/C16H24BrN3/c17-15-6-3-7-16(14(15)12-18)20-10-8-19(9-11-20)13-4-1-2-5-13/h3,6-7,13H,1-2,4-5,8-12,18H2. The fourth-order valence-electron chi connectivity index (χ4n) is 3.64. The van der Waals surface area contributed by atoms with Gasteiger partial charge in [-0.2, -0.15) is 0 Å². The highest BCUT2D eigenvalue weighted by atomic mass is 79.9. The van der Waals surface area contributed by atoms with E-state index >= 15 is 0 Å². The van der Waals surface area contributed by atoms with Gasteiger partial charge in [-0.3, -0.25) is 4.90 Å². The summed E-state index contributed by atoms with van der Waals surface area (Å²) in [7, 11) is 0. The molecule has 110 valence electrons. The molecule has 1 aliphatic carbocycles. The Bertz CT molecular complexity index is 449. The van der Waals surface area contributed by atoms with Crippen LogP contribution in [0.15, 0.2) is 22.7 Å². The van der Waals surface area contributed by atoms with E-state index in [1.54, 1.807) is 0 Å². The molecule has 0 aromatic heterocycles. The minimum Gasteiger partial charge on any atom is -0.369 e. The molecule has 1 heterocycles.